The SMILES string of the molecule is C=CSC1=C(N)CCN(C(C)C)C1. The van der Waals surface area contributed by atoms with Gasteiger partial charge in [0.2, 0.25) is 0 Å². The summed E-state index contributed by atoms with van der Waals surface area (Å²) in [4.78, 5) is 3.71. The van der Waals surface area contributed by atoms with Gasteiger partial charge in [0.15, 0.2) is 0 Å². The Morgan fingerprint density at radius 2 is 2.31 bits per heavy atom. The van der Waals surface area contributed by atoms with Crippen LogP contribution in [0.5, 0.6) is 0 Å². The first-order valence-electron chi connectivity index (χ1n) is 4.64. The van der Waals surface area contributed by atoms with Gasteiger partial charge in [0.1, 0.15) is 0 Å². The van der Waals surface area contributed by atoms with Gasteiger partial charge in [-0.3, -0.25) is 4.90 Å². The van der Waals surface area contributed by atoms with Crippen LogP contribution in [-0.2, 0) is 0 Å². The van der Waals surface area contributed by atoms with Crippen molar-refractivity contribution >= 4 is 11.8 Å². The molecule has 1 heterocycles. The van der Waals surface area contributed by atoms with Gasteiger partial charge in [-0.15, -0.1) is 0 Å². The van der Waals surface area contributed by atoms with Crippen LogP contribution >= 0.6 is 11.8 Å². The summed E-state index contributed by atoms with van der Waals surface area (Å²) in [7, 11) is 0. The highest BCUT2D eigenvalue weighted by Crippen LogP contribution is 2.25. The molecule has 1 rings (SSSR count). The van der Waals surface area contributed by atoms with Gasteiger partial charge in [-0.2, -0.15) is 0 Å². The Bertz CT molecular complexity index is 221. The van der Waals surface area contributed by atoms with Crippen molar-refractivity contribution in [2.45, 2.75) is 26.3 Å². The summed E-state index contributed by atoms with van der Waals surface area (Å²) in [5.74, 6) is 0. The molecule has 0 aromatic rings. The lowest BCUT2D eigenvalue weighted by Crippen LogP contribution is -2.37. The van der Waals surface area contributed by atoms with E-state index < -0.39 is 0 Å². The van der Waals surface area contributed by atoms with Crippen LogP contribution in [-0.4, -0.2) is 24.0 Å². The van der Waals surface area contributed by atoms with E-state index in [0.29, 0.717) is 6.04 Å². The predicted molar refractivity (Wildman–Crippen MR) is 60.3 cm³/mol. The van der Waals surface area contributed by atoms with Crippen molar-refractivity contribution < 1.29 is 0 Å². The Balaban J connectivity index is 2.64. The minimum atomic E-state index is 0.605. The molecule has 0 atom stereocenters. The first kappa shape index (κ1) is 10.7. The first-order chi connectivity index (χ1) is 6.15. The van der Waals surface area contributed by atoms with E-state index >= 15 is 0 Å². The fraction of sp³-hybridized carbons (Fsp3) is 0.600. The van der Waals surface area contributed by atoms with Gasteiger partial charge in [-0.25, -0.2) is 0 Å². The van der Waals surface area contributed by atoms with E-state index in [2.05, 4.69) is 25.3 Å². The fourth-order valence-electron chi connectivity index (χ4n) is 1.42. The Labute approximate surface area is 84.9 Å². The zero-order chi connectivity index (χ0) is 9.84. The molecular weight excluding hydrogens is 180 g/mol. The lowest BCUT2D eigenvalue weighted by atomic mass is 10.1. The summed E-state index contributed by atoms with van der Waals surface area (Å²) in [6, 6.07) is 0.605. The van der Waals surface area contributed by atoms with Gasteiger partial charge >= 0.3 is 0 Å². The Morgan fingerprint density at radius 3 is 2.85 bits per heavy atom. The van der Waals surface area contributed by atoms with Crippen molar-refractivity contribution in [2.75, 3.05) is 13.1 Å². The van der Waals surface area contributed by atoms with Crippen LogP contribution in [0.1, 0.15) is 20.3 Å². The van der Waals surface area contributed by atoms with Crippen LogP contribution in [0.2, 0.25) is 0 Å². The highest BCUT2D eigenvalue weighted by molar-refractivity contribution is 8.05. The molecule has 0 aromatic carbocycles. The normalized spacial score (nSPS) is 19.6. The molecular formula is C10H18N2S. The third-order valence-electron chi connectivity index (χ3n) is 2.33. The lowest BCUT2D eigenvalue weighted by molar-refractivity contribution is 0.236. The van der Waals surface area contributed by atoms with E-state index in [1.165, 1.54) is 4.91 Å². The molecule has 0 unspecified atom stereocenters. The van der Waals surface area contributed by atoms with Gasteiger partial charge in [-0.1, -0.05) is 18.3 Å². The quantitative estimate of drug-likeness (QED) is 0.753. The zero-order valence-electron chi connectivity index (χ0n) is 8.42. The highest BCUT2D eigenvalue weighted by atomic mass is 32.2. The van der Waals surface area contributed by atoms with Crippen LogP contribution in [0.25, 0.3) is 0 Å². The molecule has 1 aliphatic rings. The summed E-state index contributed by atoms with van der Waals surface area (Å²) in [5, 5.41) is 1.85. The van der Waals surface area contributed by atoms with Crippen molar-refractivity contribution in [1.82, 2.24) is 4.90 Å². The second kappa shape index (κ2) is 4.72. The summed E-state index contributed by atoms with van der Waals surface area (Å²) < 4.78 is 0. The molecule has 0 fully saturated rings. The Morgan fingerprint density at radius 1 is 1.62 bits per heavy atom. The van der Waals surface area contributed by atoms with E-state index in [0.717, 1.165) is 25.2 Å². The molecule has 74 valence electrons. The standard InChI is InChI=1S/C10H18N2S/c1-4-13-10-7-12(8(2)3)6-5-9(10)11/h4,8H,1,5-7,11H2,2-3H3. The number of rotatable bonds is 3. The molecule has 0 bridgehead atoms. The summed E-state index contributed by atoms with van der Waals surface area (Å²) in [6.07, 6.45) is 0.994. The molecule has 13 heavy (non-hydrogen) atoms. The van der Waals surface area contributed by atoms with Gasteiger partial charge in [-0.05, 0) is 19.3 Å². The van der Waals surface area contributed by atoms with Crippen molar-refractivity contribution in [3.63, 3.8) is 0 Å². The number of nitrogens with two attached hydrogens (primary N) is 1. The third-order valence-corrected chi connectivity index (χ3v) is 3.17. The third kappa shape index (κ3) is 2.78. The fourth-order valence-corrected chi connectivity index (χ4v) is 2.12. The highest BCUT2D eigenvalue weighted by Gasteiger charge is 2.18. The van der Waals surface area contributed by atoms with E-state index in [9.17, 15) is 0 Å². The number of thioether (sulfide) groups is 1. The van der Waals surface area contributed by atoms with Crippen molar-refractivity contribution in [2.24, 2.45) is 5.73 Å². The summed E-state index contributed by atoms with van der Waals surface area (Å²) in [5.41, 5.74) is 6.96. The maximum atomic E-state index is 5.91. The molecule has 1 aliphatic heterocycles. The van der Waals surface area contributed by atoms with Crippen molar-refractivity contribution in [3.05, 3.63) is 22.6 Å². The Hall–Kier alpha value is -0.410. The molecule has 2 nitrogen and oxygen atoms in total. The maximum absolute atomic E-state index is 5.91. The maximum Gasteiger partial charge on any atom is 0.0316 e. The molecule has 0 spiro atoms. The molecule has 2 N–H and O–H groups in total. The van der Waals surface area contributed by atoms with Crippen LogP contribution in [0.3, 0.4) is 0 Å². The predicted octanol–water partition coefficient (Wildman–Crippen LogP) is 2.15. The lowest BCUT2D eigenvalue weighted by Gasteiger charge is -2.31. The zero-order valence-corrected chi connectivity index (χ0v) is 9.23. The van der Waals surface area contributed by atoms with Crippen LogP contribution < -0.4 is 5.73 Å². The largest absolute Gasteiger partial charge is 0.401 e. The average Bonchev–Trinajstić information content (AvgIpc) is 2.08. The number of hydrogen-bond donors (Lipinski definition) is 1. The topological polar surface area (TPSA) is 29.3 Å². The first-order valence-corrected chi connectivity index (χ1v) is 5.52. The Kier molecular flexibility index (Phi) is 3.88. The minimum Gasteiger partial charge on any atom is -0.401 e. The molecule has 0 aliphatic carbocycles. The molecule has 0 saturated heterocycles. The van der Waals surface area contributed by atoms with Crippen LogP contribution in [0.4, 0.5) is 0 Å². The molecule has 0 radical (unpaired) electrons. The minimum absolute atomic E-state index is 0.605. The number of nitrogens with zero attached hydrogens (tertiary/aromatic N) is 1. The molecule has 3 heteroatoms. The second-order valence-corrected chi connectivity index (χ2v) is 4.61. The summed E-state index contributed by atoms with van der Waals surface area (Å²) in [6.45, 7) is 10.2. The smallest absolute Gasteiger partial charge is 0.0316 e. The van der Waals surface area contributed by atoms with E-state index in [1.54, 1.807) is 11.8 Å². The average molecular weight is 198 g/mol. The summed E-state index contributed by atoms with van der Waals surface area (Å²) >= 11 is 1.66. The van der Waals surface area contributed by atoms with E-state index in [4.69, 9.17) is 5.73 Å². The van der Waals surface area contributed by atoms with E-state index in [-0.39, 0.29) is 0 Å². The molecule has 0 amide bonds. The van der Waals surface area contributed by atoms with Gasteiger partial charge < -0.3 is 5.73 Å². The van der Waals surface area contributed by atoms with Gasteiger partial charge in [0.05, 0.1) is 0 Å². The number of hydrogen-bond acceptors (Lipinski definition) is 3. The molecule has 0 saturated carbocycles. The van der Waals surface area contributed by atoms with Crippen molar-refractivity contribution in [3.8, 4) is 0 Å². The van der Waals surface area contributed by atoms with Crippen LogP contribution in [0, 0.1) is 0 Å². The van der Waals surface area contributed by atoms with E-state index in [1.807, 2.05) is 5.41 Å². The van der Waals surface area contributed by atoms with Gasteiger partial charge in [0, 0.05) is 36.2 Å². The van der Waals surface area contributed by atoms with Crippen LogP contribution in [0.15, 0.2) is 22.6 Å². The molecule has 0 aromatic heterocycles. The van der Waals surface area contributed by atoms with Crippen molar-refractivity contribution in [1.29, 1.82) is 0 Å². The van der Waals surface area contributed by atoms with Gasteiger partial charge in [0.25, 0.3) is 0 Å². The second-order valence-electron chi connectivity index (χ2n) is 3.55. The monoisotopic (exact) mass is 198 g/mol.